The molecule has 6 heteroatoms. The second kappa shape index (κ2) is 4.86. The topological polar surface area (TPSA) is 83.6 Å². The first kappa shape index (κ1) is 14.3. The molecule has 18 heavy (non-hydrogen) atoms. The lowest BCUT2D eigenvalue weighted by atomic mass is 10.0. The average Bonchev–Trinajstić information content (AvgIpc) is 2.26. The SMILES string of the molecule is CN(c1ccc(C(N)=O)c(Cl)c1)C(C)(C)C(=O)O. The van der Waals surface area contributed by atoms with Crippen molar-refractivity contribution in [2.75, 3.05) is 11.9 Å². The normalized spacial score (nSPS) is 11.1. The van der Waals surface area contributed by atoms with E-state index in [0.717, 1.165) is 0 Å². The van der Waals surface area contributed by atoms with Gasteiger partial charge < -0.3 is 15.7 Å². The molecule has 0 radical (unpaired) electrons. The molecule has 0 saturated carbocycles. The molecule has 0 atom stereocenters. The number of hydrogen-bond donors (Lipinski definition) is 2. The molecular weight excluding hydrogens is 256 g/mol. The van der Waals surface area contributed by atoms with Crippen molar-refractivity contribution in [2.45, 2.75) is 19.4 Å². The van der Waals surface area contributed by atoms with E-state index in [1.165, 1.54) is 12.1 Å². The van der Waals surface area contributed by atoms with E-state index in [1.807, 2.05) is 0 Å². The van der Waals surface area contributed by atoms with E-state index in [1.54, 1.807) is 31.9 Å². The second-order valence-electron chi connectivity index (χ2n) is 4.45. The van der Waals surface area contributed by atoms with Gasteiger partial charge in [-0.15, -0.1) is 0 Å². The van der Waals surface area contributed by atoms with Crippen molar-refractivity contribution >= 4 is 29.2 Å². The van der Waals surface area contributed by atoms with E-state index in [0.29, 0.717) is 5.69 Å². The van der Waals surface area contributed by atoms with Crippen LogP contribution in [0.4, 0.5) is 5.69 Å². The lowest BCUT2D eigenvalue weighted by Gasteiger charge is -2.33. The summed E-state index contributed by atoms with van der Waals surface area (Å²) in [7, 11) is 1.64. The number of carbonyl (C=O) groups excluding carboxylic acids is 1. The van der Waals surface area contributed by atoms with Gasteiger partial charge in [-0.25, -0.2) is 4.79 Å². The zero-order valence-electron chi connectivity index (χ0n) is 10.4. The maximum absolute atomic E-state index is 11.1. The summed E-state index contributed by atoms with van der Waals surface area (Å²) in [4.78, 5) is 23.7. The van der Waals surface area contributed by atoms with E-state index in [2.05, 4.69) is 0 Å². The number of hydrogen-bond acceptors (Lipinski definition) is 3. The summed E-state index contributed by atoms with van der Waals surface area (Å²) in [6.07, 6.45) is 0. The van der Waals surface area contributed by atoms with Gasteiger partial charge in [0.2, 0.25) is 5.91 Å². The smallest absolute Gasteiger partial charge is 0.328 e. The molecule has 1 aromatic carbocycles. The summed E-state index contributed by atoms with van der Waals surface area (Å²) in [6, 6.07) is 4.61. The maximum atomic E-state index is 11.1. The number of carboxylic acids is 1. The quantitative estimate of drug-likeness (QED) is 0.873. The Kier molecular flexibility index (Phi) is 3.86. The van der Waals surface area contributed by atoms with Gasteiger partial charge in [0, 0.05) is 12.7 Å². The highest BCUT2D eigenvalue weighted by atomic mass is 35.5. The Labute approximate surface area is 110 Å². The number of primary amides is 1. The summed E-state index contributed by atoms with van der Waals surface area (Å²) >= 11 is 5.92. The molecule has 0 fully saturated rings. The third-order valence-corrected chi connectivity index (χ3v) is 3.28. The molecule has 3 N–H and O–H groups in total. The zero-order chi connectivity index (χ0) is 14.1. The average molecular weight is 271 g/mol. The van der Waals surface area contributed by atoms with Crippen LogP contribution in [0.5, 0.6) is 0 Å². The Balaban J connectivity index is 3.16. The third kappa shape index (κ3) is 2.56. The van der Waals surface area contributed by atoms with Crippen LogP contribution < -0.4 is 10.6 Å². The Bertz CT molecular complexity index is 500. The fraction of sp³-hybridized carbons (Fsp3) is 0.333. The number of carbonyl (C=O) groups is 2. The number of amides is 1. The van der Waals surface area contributed by atoms with Gasteiger partial charge in [0.25, 0.3) is 0 Å². The largest absolute Gasteiger partial charge is 0.480 e. The number of anilines is 1. The Morgan fingerprint density at radius 3 is 2.33 bits per heavy atom. The van der Waals surface area contributed by atoms with Crippen molar-refractivity contribution in [2.24, 2.45) is 5.73 Å². The summed E-state index contributed by atoms with van der Waals surface area (Å²) in [5.41, 5.74) is 4.86. The lowest BCUT2D eigenvalue weighted by Crippen LogP contribution is -2.48. The van der Waals surface area contributed by atoms with Gasteiger partial charge >= 0.3 is 5.97 Å². The predicted molar refractivity (Wildman–Crippen MR) is 70.1 cm³/mol. The van der Waals surface area contributed by atoms with Crippen LogP contribution in [0.2, 0.25) is 5.02 Å². The van der Waals surface area contributed by atoms with Crippen LogP contribution in [-0.4, -0.2) is 29.6 Å². The highest BCUT2D eigenvalue weighted by molar-refractivity contribution is 6.34. The van der Waals surface area contributed by atoms with Gasteiger partial charge in [0.15, 0.2) is 0 Å². The minimum Gasteiger partial charge on any atom is -0.480 e. The minimum atomic E-state index is -1.09. The molecule has 0 bridgehead atoms. The van der Waals surface area contributed by atoms with Gasteiger partial charge in [-0.3, -0.25) is 4.79 Å². The van der Waals surface area contributed by atoms with Crippen molar-refractivity contribution in [3.8, 4) is 0 Å². The molecule has 0 aromatic heterocycles. The predicted octanol–water partition coefficient (Wildman–Crippen LogP) is 1.74. The minimum absolute atomic E-state index is 0.202. The molecule has 0 spiro atoms. The molecule has 0 aliphatic heterocycles. The number of rotatable bonds is 4. The molecule has 0 unspecified atom stereocenters. The molecule has 0 heterocycles. The fourth-order valence-corrected chi connectivity index (χ4v) is 1.65. The number of carboxylic acid groups (broad SMARTS) is 1. The number of nitrogens with two attached hydrogens (primary N) is 1. The molecule has 0 aliphatic carbocycles. The van der Waals surface area contributed by atoms with Gasteiger partial charge in [-0.1, -0.05) is 11.6 Å². The van der Waals surface area contributed by atoms with Crippen LogP contribution in [0.3, 0.4) is 0 Å². The molecule has 1 aromatic rings. The van der Waals surface area contributed by atoms with Gasteiger partial charge in [-0.05, 0) is 32.0 Å². The number of nitrogens with zero attached hydrogens (tertiary/aromatic N) is 1. The van der Waals surface area contributed by atoms with E-state index < -0.39 is 17.4 Å². The van der Waals surface area contributed by atoms with Gasteiger partial charge in [0.05, 0.1) is 10.6 Å². The van der Waals surface area contributed by atoms with Crippen molar-refractivity contribution in [1.29, 1.82) is 0 Å². The number of benzene rings is 1. The Hall–Kier alpha value is -1.75. The molecular formula is C12H15ClN2O3. The van der Waals surface area contributed by atoms with Crippen LogP contribution in [0.25, 0.3) is 0 Å². The summed E-state index contributed by atoms with van der Waals surface area (Å²) in [5, 5.41) is 9.34. The van der Waals surface area contributed by atoms with Crippen molar-refractivity contribution in [3.05, 3.63) is 28.8 Å². The first-order chi connectivity index (χ1) is 8.17. The lowest BCUT2D eigenvalue weighted by molar-refractivity contribution is -0.142. The summed E-state index contributed by atoms with van der Waals surface area (Å²) in [5.74, 6) is -1.58. The van der Waals surface area contributed by atoms with Gasteiger partial charge in [-0.2, -0.15) is 0 Å². The molecule has 0 saturated heterocycles. The first-order valence-corrected chi connectivity index (χ1v) is 5.62. The van der Waals surface area contributed by atoms with Crippen LogP contribution in [0.1, 0.15) is 24.2 Å². The molecule has 0 aliphatic rings. The van der Waals surface area contributed by atoms with Crippen LogP contribution >= 0.6 is 11.6 Å². The van der Waals surface area contributed by atoms with E-state index in [4.69, 9.17) is 22.4 Å². The van der Waals surface area contributed by atoms with Crippen LogP contribution in [0, 0.1) is 0 Å². The monoisotopic (exact) mass is 270 g/mol. The number of halogens is 1. The number of aliphatic carboxylic acids is 1. The Morgan fingerprint density at radius 2 is 1.94 bits per heavy atom. The number of likely N-dealkylation sites (N-methyl/N-ethyl adjacent to an activating group) is 1. The van der Waals surface area contributed by atoms with Crippen LogP contribution in [0.15, 0.2) is 18.2 Å². The molecule has 1 amide bonds. The van der Waals surface area contributed by atoms with Gasteiger partial charge in [0.1, 0.15) is 5.54 Å². The van der Waals surface area contributed by atoms with Crippen LogP contribution in [-0.2, 0) is 4.79 Å². The first-order valence-electron chi connectivity index (χ1n) is 5.24. The standard InChI is InChI=1S/C12H15ClN2O3/c1-12(2,11(17)18)15(3)7-4-5-8(10(14)16)9(13)6-7/h4-6H,1-3H3,(H2,14,16)(H,17,18). The third-order valence-electron chi connectivity index (χ3n) is 2.97. The summed E-state index contributed by atoms with van der Waals surface area (Å²) in [6.45, 7) is 3.15. The van der Waals surface area contributed by atoms with E-state index in [-0.39, 0.29) is 10.6 Å². The molecule has 5 nitrogen and oxygen atoms in total. The highest BCUT2D eigenvalue weighted by Gasteiger charge is 2.32. The fourth-order valence-electron chi connectivity index (χ4n) is 1.38. The van der Waals surface area contributed by atoms with Crippen molar-refractivity contribution < 1.29 is 14.7 Å². The van der Waals surface area contributed by atoms with E-state index >= 15 is 0 Å². The Morgan fingerprint density at radius 1 is 1.39 bits per heavy atom. The molecule has 1 rings (SSSR count). The molecule has 98 valence electrons. The maximum Gasteiger partial charge on any atom is 0.328 e. The van der Waals surface area contributed by atoms with Crippen molar-refractivity contribution in [3.63, 3.8) is 0 Å². The summed E-state index contributed by atoms with van der Waals surface area (Å²) < 4.78 is 0. The van der Waals surface area contributed by atoms with E-state index in [9.17, 15) is 9.59 Å². The zero-order valence-corrected chi connectivity index (χ0v) is 11.2. The second-order valence-corrected chi connectivity index (χ2v) is 4.86. The highest BCUT2D eigenvalue weighted by Crippen LogP contribution is 2.27. The van der Waals surface area contributed by atoms with Crippen molar-refractivity contribution in [1.82, 2.24) is 0 Å².